The maximum atomic E-state index is 13.2. The lowest BCUT2D eigenvalue weighted by Crippen LogP contribution is -2.51. The highest BCUT2D eigenvalue weighted by Gasteiger charge is 2.31. The van der Waals surface area contributed by atoms with E-state index in [2.05, 4.69) is 4.90 Å². The minimum atomic E-state index is -3.56. The van der Waals surface area contributed by atoms with Crippen molar-refractivity contribution in [2.45, 2.75) is 24.3 Å². The van der Waals surface area contributed by atoms with Crippen LogP contribution in [0.4, 0.5) is 0 Å². The van der Waals surface area contributed by atoms with Crippen LogP contribution in [0.3, 0.4) is 0 Å². The van der Waals surface area contributed by atoms with Crippen LogP contribution < -0.4 is 0 Å². The third kappa shape index (κ3) is 4.32. The van der Waals surface area contributed by atoms with Gasteiger partial charge in [0.15, 0.2) is 0 Å². The molecule has 5 nitrogen and oxygen atoms in total. The van der Waals surface area contributed by atoms with Gasteiger partial charge in [-0.2, -0.15) is 4.31 Å². The largest absolute Gasteiger partial charge is 0.389 e. The quantitative estimate of drug-likeness (QED) is 0.873. The van der Waals surface area contributed by atoms with Gasteiger partial charge in [-0.05, 0) is 25.5 Å². The SMILES string of the molecule is CC(C)(O)CN1CCN(S(=O)(=O)c2ccccc2-c2ccccc2)CC1. The van der Waals surface area contributed by atoms with Gasteiger partial charge in [0.05, 0.1) is 10.5 Å². The molecule has 1 saturated heterocycles. The van der Waals surface area contributed by atoms with E-state index in [0.29, 0.717) is 37.6 Å². The van der Waals surface area contributed by atoms with Gasteiger partial charge in [-0.1, -0.05) is 48.5 Å². The normalized spacial score (nSPS) is 17.3. The Balaban J connectivity index is 1.82. The molecule has 0 unspecified atom stereocenters. The molecule has 0 aromatic heterocycles. The van der Waals surface area contributed by atoms with Crippen LogP contribution in [0.5, 0.6) is 0 Å². The second kappa shape index (κ2) is 7.48. The van der Waals surface area contributed by atoms with Gasteiger partial charge in [-0.15, -0.1) is 0 Å². The molecule has 1 fully saturated rings. The Labute approximate surface area is 155 Å². The zero-order valence-corrected chi connectivity index (χ0v) is 16.1. The maximum absolute atomic E-state index is 13.2. The molecule has 0 amide bonds. The third-order valence-electron chi connectivity index (χ3n) is 4.53. The average Bonchev–Trinajstić information content (AvgIpc) is 2.61. The summed E-state index contributed by atoms with van der Waals surface area (Å²) in [7, 11) is -3.56. The molecular weight excluding hydrogens is 348 g/mol. The van der Waals surface area contributed by atoms with Crippen LogP contribution in [0, 0.1) is 0 Å². The van der Waals surface area contributed by atoms with Crippen molar-refractivity contribution in [3.63, 3.8) is 0 Å². The molecular formula is C20H26N2O3S. The summed E-state index contributed by atoms with van der Waals surface area (Å²) >= 11 is 0. The Bertz CT molecular complexity index is 837. The Morgan fingerprint density at radius 3 is 2.12 bits per heavy atom. The number of hydrogen-bond acceptors (Lipinski definition) is 4. The highest BCUT2D eigenvalue weighted by molar-refractivity contribution is 7.89. The van der Waals surface area contributed by atoms with Crippen LogP contribution in [0.1, 0.15) is 13.8 Å². The molecule has 1 aliphatic rings. The Kier molecular flexibility index (Phi) is 5.48. The van der Waals surface area contributed by atoms with E-state index in [1.54, 1.807) is 30.3 Å². The smallest absolute Gasteiger partial charge is 0.243 e. The van der Waals surface area contributed by atoms with Gasteiger partial charge in [0, 0.05) is 38.3 Å². The van der Waals surface area contributed by atoms with Crippen molar-refractivity contribution >= 4 is 10.0 Å². The van der Waals surface area contributed by atoms with Crippen LogP contribution in [0.15, 0.2) is 59.5 Å². The summed E-state index contributed by atoms with van der Waals surface area (Å²) in [5.41, 5.74) is 0.848. The molecule has 0 atom stereocenters. The summed E-state index contributed by atoms with van der Waals surface area (Å²) in [6.45, 7) is 6.19. The first-order valence-corrected chi connectivity index (χ1v) is 10.3. The zero-order chi connectivity index (χ0) is 18.8. The summed E-state index contributed by atoms with van der Waals surface area (Å²) in [6, 6.07) is 16.8. The highest BCUT2D eigenvalue weighted by atomic mass is 32.2. The third-order valence-corrected chi connectivity index (χ3v) is 6.49. The van der Waals surface area contributed by atoms with E-state index in [-0.39, 0.29) is 0 Å². The van der Waals surface area contributed by atoms with Gasteiger partial charge in [0.1, 0.15) is 0 Å². The number of benzene rings is 2. The Morgan fingerprint density at radius 2 is 1.50 bits per heavy atom. The minimum Gasteiger partial charge on any atom is -0.389 e. The summed E-state index contributed by atoms with van der Waals surface area (Å²) in [5.74, 6) is 0. The fourth-order valence-electron chi connectivity index (χ4n) is 3.36. The molecule has 3 rings (SSSR count). The van der Waals surface area contributed by atoms with E-state index in [9.17, 15) is 13.5 Å². The topological polar surface area (TPSA) is 60.9 Å². The number of aliphatic hydroxyl groups is 1. The predicted octanol–water partition coefficient (Wildman–Crippen LogP) is 2.43. The first-order chi connectivity index (χ1) is 12.3. The number of rotatable bonds is 5. The van der Waals surface area contributed by atoms with Crippen molar-refractivity contribution in [1.29, 1.82) is 0 Å². The monoisotopic (exact) mass is 374 g/mol. The van der Waals surface area contributed by atoms with Gasteiger partial charge in [-0.25, -0.2) is 8.42 Å². The lowest BCUT2D eigenvalue weighted by Gasteiger charge is -2.36. The highest BCUT2D eigenvalue weighted by Crippen LogP contribution is 2.29. The van der Waals surface area contributed by atoms with E-state index in [1.165, 1.54) is 0 Å². The van der Waals surface area contributed by atoms with Crippen molar-refractivity contribution in [3.05, 3.63) is 54.6 Å². The van der Waals surface area contributed by atoms with Gasteiger partial charge in [-0.3, -0.25) is 4.90 Å². The fourth-order valence-corrected chi connectivity index (χ4v) is 5.00. The van der Waals surface area contributed by atoms with E-state index in [4.69, 9.17) is 0 Å². The number of β-amino-alcohol motifs (C(OH)–C–C–N with tert-alkyl or cyclic N) is 1. The van der Waals surface area contributed by atoms with Crippen molar-refractivity contribution in [2.75, 3.05) is 32.7 Å². The molecule has 0 aliphatic carbocycles. The van der Waals surface area contributed by atoms with Crippen molar-refractivity contribution in [2.24, 2.45) is 0 Å². The molecule has 1 N–H and O–H groups in total. The van der Waals surface area contributed by atoms with Gasteiger partial charge < -0.3 is 5.11 Å². The molecule has 140 valence electrons. The van der Waals surface area contributed by atoms with Gasteiger partial charge in [0.25, 0.3) is 0 Å². The summed E-state index contributed by atoms with van der Waals surface area (Å²) in [6.07, 6.45) is 0. The molecule has 1 heterocycles. The zero-order valence-electron chi connectivity index (χ0n) is 15.3. The second-order valence-corrected chi connectivity index (χ2v) is 9.26. The molecule has 26 heavy (non-hydrogen) atoms. The molecule has 6 heteroatoms. The second-order valence-electron chi connectivity index (χ2n) is 7.35. The summed E-state index contributed by atoms with van der Waals surface area (Å²) in [5, 5.41) is 9.96. The van der Waals surface area contributed by atoms with Crippen LogP contribution in [-0.2, 0) is 10.0 Å². The minimum absolute atomic E-state index is 0.349. The van der Waals surface area contributed by atoms with Crippen LogP contribution >= 0.6 is 0 Å². The van der Waals surface area contributed by atoms with Crippen molar-refractivity contribution < 1.29 is 13.5 Å². The van der Waals surface area contributed by atoms with E-state index in [1.807, 2.05) is 42.5 Å². The molecule has 0 saturated carbocycles. The lowest BCUT2D eigenvalue weighted by atomic mass is 10.1. The van der Waals surface area contributed by atoms with E-state index in [0.717, 1.165) is 11.1 Å². The number of piperazine rings is 1. The lowest BCUT2D eigenvalue weighted by molar-refractivity contribution is 0.0263. The molecule has 0 bridgehead atoms. The number of hydrogen-bond donors (Lipinski definition) is 1. The molecule has 2 aromatic rings. The molecule has 0 spiro atoms. The Hall–Kier alpha value is -1.73. The average molecular weight is 375 g/mol. The standard InChI is InChI=1S/C20H26N2O3S/c1-20(2,23)16-21-12-14-22(15-13-21)26(24,25)19-11-7-6-10-18(19)17-8-4-3-5-9-17/h3-11,23H,12-16H2,1-2H3. The van der Waals surface area contributed by atoms with Crippen LogP contribution in [0.2, 0.25) is 0 Å². The van der Waals surface area contributed by atoms with Crippen molar-refractivity contribution in [1.82, 2.24) is 9.21 Å². The van der Waals surface area contributed by atoms with Crippen LogP contribution in [0.25, 0.3) is 11.1 Å². The van der Waals surface area contributed by atoms with Gasteiger partial charge in [0.2, 0.25) is 10.0 Å². The van der Waals surface area contributed by atoms with E-state index >= 15 is 0 Å². The first-order valence-electron chi connectivity index (χ1n) is 8.87. The van der Waals surface area contributed by atoms with E-state index < -0.39 is 15.6 Å². The maximum Gasteiger partial charge on any atom is 0.243 e. The van der Waals surface area contributed by atoms with Crippen molar-refractivity contribution in [3.8, 4) is 11.1 Å². The first kappa shape index (κ1) is 19.0. The molecule has 1 aliphatic heterocycles. The fraction of sp³-hybridized carbons (Fsp3) is 0.400. The molecule has 0 radical (unpaired) electrons. The van der Waals surface area contributed by atoms with Gasteiger partial charge >= 0.3 is 0 Å². The number of sulfonamides is 1. The summed E-state index contributed by atoms with van der Waals surface area (Å²) < 4.78 is 28.0. The Morgan fingerprint density at radius 1 is 0.923 bits per heavy atom. The summed E-state index contributed by atoms with van der Waals surface area (Å²) in [4.78, 5) is 2.46. The predicted molar refractivity (Wildman–Crippen MR) is 103 cm³/mol. The number of nitrogens with zero attached hydrogens (tertiary/aromatic N) is 2. The molecule has 2 aromatic carbocycles. The van der Waals surface area contributed by atoms with Crippen LogP contribution in [-0.4, -0.2) is 61.1 Å².